The topological polar surface area (TPSA) is 51.0 Å². The van der Waals surface area contributed by atoms with E-state index in [2.05, 4.69) is 40.7 Å². The molecule has 146 valence electrons. The first-order valence-electron chi connectivity index (χ1n) is 9.45. The highest BCUT2D eigenvalue weighted by atomic mass is 32.2. The Morgan fingerprint density at radius 3 is 2.46 bits per heavy atom. The van der Waals surface area contributed by atoms with Gasteiger partial charge in [-0.15, -0.1) is 10.2 Å². The van der Waals surface area contributed by atoms with Crippen LogP contribution in [0.1, 0.15) is 31.0 Å². The number of carbonyl (C=O) groups excluding carboxylic acids is 1. The van der Waals surface area contributed by atoms with Crippen molar-refractivity contribution in [3.63, 3.8) is 0 Å². The van der Waals surface area contributed by atoms with Gasteiger partial charge in [-0.2, -0.15) is 0 Å². The zero-order valence-electron chi connectivity index (χ0n) is 16.8. The molecule has 3 rings (SSSR count). The maximum atomic E-state index is 12.7. The second-order valence-electron chi connectivity index (χ2n) is 6.75. The molecule has 0 fully saturated rings. The summed E-state index contributed by atoms with van der Waals surface area (Å²) < 4.78 is 2.07. The van der Waals surface area contributed by atoms with Crippen molar-refractivity contribution in [2.45, 2.75) is 38.5 Å². The van der Waals surface area contributed by atoms with Crippen LogP contribution in [0.5, 0.6) is 0 Å². The lowest BCUT2D eigenvalue weighted by molar-refractivity contribution is -0.128. The molecule has 28 heavy (non-hydrogen) atoms. The lowest BCUT2D eigenvalue weighted by Crippen LogP contribution is -2.31. The molecule has 0 aliphatic carbocycles. The molecule has 3 aromatic rings. The number of hydrogen-bond acceptors (Lipinski definition) is 4. The van der Waals surface area contributed by atoms with Crippen molar-refractivity contribution < 1.29 is 4.79 Å². The fourth-order valence-corrected chi connectivity index (χ4v) is 4.03. The standard InChI is InChI=1S/C22H26N4OS/c1-5-26-21(19-14-10-9-11-16(19)2)23-24-22(26)28-15-20(27)25(4)17(3)18-12-7-6-8-13-18/h6-14,17H,5,15H2,1-4H3. The lowest BCUT2D eigenvalue weighted by atomic mass is 10.1. The van der Waals surface area contributed by atoms with Crippen LogP contribution in [-0.2, 0) is 11.3 Å². The molecule has 1 atom stereocenters. The van der Waals surface area contributed by atoms with E-state index in [9.17, 15) is 4.79 Å². The van der Waals surface area contributed by atoms with Crippen LogP contribution in [0.15, 0.2) is 59.8 Å². The molecule has 0 saturated carbocycles. The zero-order chi connectivity index (χ0) is 20.1. The number of hydrogen-bond donors (Lipinski definition) is 0. The van der Waals surface area contributed by atoms with E-state index in [0.717, 1.165) is 34.2 Å². The van der Waals surface area contributed by atoms with Crippen LogP contribution in [0.25, 0.3) is 11.4 Å². The summed E-state index contributed by atoms with van der Waals surface area (Å²) in [5, 5.41) is 9.51. The molecule has 0 saturated heterocycles. The van der Waals surface area contributed by atoms with Crippen LogP contribution >= 0.6 is 11.8 Å². The summed E-state index contributed by atoms with van der Waals surface area (Å²) in [5.74, 6) is 1.26. The average Bonchev–Trinajstić information content (AvgIpc) is 3.14. The van der Waals surface area contributed by atoms with Gasteiger partial charge in [0.05, 0.1) is 11.8 Å². The molecule has 0 radical (unpaired) electrons. The molecular weight excluding hydrogens is 368 g/mol. The number of nitrogens with zero attached hydrogens (tertiary/aromatic N) is 4. The smallest absolute Gasteiger partial charge is 0.233 e. The summed E-state index contributed by atoms with van der Waals surface area (Å²) in [7, 11) is 1.85. The summed E-state index contributed by atoms with van der Waals surface area (Å²) in [5.41, 5.74) is 3.36. The monoisotopic (exact) mass is 394 g/mol. The molecule has 1 heterocycles. The third-order valence-electron chi connectivity index (χ3n) is 5.00. The number of amides is 1. The van der Waals surface area contributed by atoms with Gasteiger partial charge < -0.3 is 9.47 Å². The van der Waals surface area contributed by atoms with Gasteiger partial charge in [-0.05, 0) is 31.9 Å². The maximum absolute atomic E-state index is 12.7. The largest absolute Gasteiger partial charge is 0.338 e. The quantitative estimate of drug-likeness (QED) is 0.550. The minimum Gasteiger partial charge on any atom is -0.338 e. The number of aryl methyl sites for hydroxylation is 1. The summed E-state index contributed by atoms with van der Waals surface area (Å²) in [6.07, 6.45) is 0. The van der Waals surface area contributed by atoms with Crippen molar-refractivity contribution in [1.29, 1.82) is 0 Å². The van der Waals surface area contributed by atoms with Crippen molar-refractivity contribution in [2.75, 3.05) is 12.8 Å². The van der Waals surface area contributed by atoms with Crippen LogP contribution in [0.4, 0.5) is 0 Å². The molecule has 2 aromatic carbocycles. The van der Waals surface area contributed by atoms with Gasteiger partial charge in [-0.25, -0.2) is 0 Å². The molecule has 0 aliphatic heterocycles. The minimum absolute atomic E-state index is 0.0286. The third kappa shape index (κ3) is 4.28. The Morgan fingerprint density at radius 1 is 1.11 bits per heavy atom. The summed E-state index contributed by atoms with van der Waals surface area (Å²) in [4.78, 5) is 14.5. The van der Waals surface area contributed by atoms with Crippen molar-refractivity contribution >= 4 is 17.7 Å². The number of thioether (sulfide) groups is 1. The van der Waals surface area contributed by atoms with E-state index in [-0.39, 0.29) is 11.9 Å². The Bertz CT molecular complexity index is 939. The average molecular weight is 395 g/mol. The van der Waals surface area contributed by atoms with Gasteiger partial charge in [-0.1, -0.05) is 66.4 Å². The van der Waals surface area contributed by atoms with Crippen LogP contribution in [0.3, 0.4) is 0 Å². The van der Waals surface area contributed by atoms with Crippen molar-refractivity contribution in [2.24, 2.45) is 0 Å². The zero-order valence-corrected chi connectivity index (χ0v) is 17.6. The van der Waals surface area contributed by atoms with E-state index >= 15 is 0 Å². The molecule has 1 amide bonds. The second kappa shape index (κ2) is 9.06. The summed E-state index contributed by atoms with van der Waals surface area (Å²) in [6, 6.07) is 18.2. The predicted octanol–water partition coefficient (Wildman–Crippen LogP) is 4.59. The van der Waals surface area contributed by atoms with Gasteiger partial charge in [0.1, 0.15) is 0 Å². The van der Waals surface area contributed by atoms with Crippen molar-refractivity contribution in [3.8, 4) is 11.4 Å². The Kier molecular flexibility index (Phi) is 6.52. The molecule has 0 spiro atoms. The van der Waals surface area contributed by atoms with E-state index in [1.807, 2.05) is 56.4 Å². The van der Waals surface area contributed by atoms with Crippen molar-refractivity contribution in [3.05, 3.63) is 65.7 Å². The highest BCUT2D eigenvalue weighted by molar-refractivity contribution is 7.99. The first-order chi connectivity index (χ1) is 13.5. The minimum atomic E-state index is 0.0286. The second-order valence-corrected chi connectivity index (χ2v) is 7.69. The van der Waals surface area contributed by atoms with Gasteiger partial charge in [-0.3, -0.25) is 4.79 Å². The van der Waals surface area contributed by atoms with Crippen LogP contribution < -0.4 is 0 Å². The highest BCUT2D eigenvalue weighted by Crippen LogP contribution is 2.27. The molecule has 5 nitrogen and oxygen atoms in total. The Labute approximate surface area is 170 Å². The van der Waals surface area contributed by atoms with Gasteiger partial charge >= 0.3 is 0 Å². The van der Waals surface area contributed by atoms with E-state index in [0.29, 0.717) is 5.75 Å². The van der Waals surface area contributed by atoms with Crippen molar-refractivity contribution in [1.82, 2.24) is 19.7 Å². The van der Waals surface area contributed by atoms with E-state index < -0.39 is 0 Å². The Morgan fingerprint density at radius 2 is 1.79 bits per heavy atom. The van der Waals surface area contributed by atoms with Crippen LogP contribution in [0.2, 0.25) is 0 Å². The third-order valence-corrected chi connectivity index (χ3v) is 5.95. The number of carbonyl (C=O) groups is 1. The van der Waals surface area contributed by atoms with Crippen LogP contribution in [0, 0.1) is 6.92 Å². The number of benzene rings is 2. The fraction of sp³-hybridized carbons (Fsp3) is 0.318. The van der Waals surface area contributed by atoms with E-state index in [1.165, 1.54) is 11.8 Å². The number of rotatable bonds is 7. The van der Waals surface area contributed by atoms with Gasteiger partial charge in [0, 0.05) is 19.2 Å². The van der Waals surface area contributed by atoms with E-state index in [4.69, 9.17) is 0 Å². The van der Waals surface area contributed by atoms with E-state index in [1.54, 1.807) is 4.90 Å². The molecule has 0 aliphatic rings. The first kappa shape index (κ1) is 20.1. The predicted molar refractivity (Wildman–Crippen MR) is 114 cm³/mol. The Hall–Kier alpha value is -2.60. The van der Waals surface area contributed by atoms with Crippen LogP contribution in [-0.4, -0.2) is 38.4 Å². The summed E-state index contributed by atoms with van der Waals surface area (Å²) in [6.45, 7) is 6.94. The molecule has 6 heteroatoms. The maximum Gasteiger partial charge on any atom is 0.233 e. The molecule has 1 aromatic heterocycles. The normalized spacial score (nSPS) is 12.0. The number of aromatic nitrogens is 3. The van der Waals surface area contributed by atoms with Gasteiger partial charge in [0.25, 0.3) is 0 Å². The molecule has 0 N–H and O–H groups in total. The Balaban J connectivity index is 1.71. The van der Waals surface area contributed by atoms with Gasteiger partial charge in [0.15, 0.2) is 11.0 Å². The molecule has 0 bridgehead atoms. The lowest BCUT2D eigenvalue weighted by Gasteiger charge is -2.25. The molecule has 1 unspecified atom stereocenters. The molecular formula is C22H26N4OS. The SMILES string of the molecule is CCn1c(SCC(=O)N(C)C(C)c2ccccc2)nnc1-c1ccccc1C. The highest BCUT2D eigenvalue weighted by Gasteiger charge is 2.20. The van der Waals surface area contributed by atoms with Gasteiger partial charge in [0.2, 0.25) is 5.91 Å². The first-order valence-corrected chi connectivity index (χ1v) is 10.4. The summed E-state index contributed by atoms with van der Waals surface area (Å²) >= 11 is 1.44. The fourth-order valence-electron chi connectivity index (χ4n) is 3.10.